The molecule has 0 atom stereocenters. The monoisotopic (exact) mass is 510 g/mol. The van der Waals surface area contributed by atoms with Crippen molar-refractivity contribution in [2.24, 2.45) is 0 Å². The fourth-order valence-electron chi connectivity index (χ4n) is 4.53. The number of nitrogens with zero attached hydrogens (tertiary/aromatic N) is 5. The molecule has 0 aliphatic heterocycles. The molecule has 0 spiro atoms. The first-order valence-electron chi connectivity index (χ1n) is 12.9. The van der Waals surface area contributed by atoms with Gasteiger partial charge in [0.25, 0.3) is 0 Å². The normalized spacial score (nSPS) is 13.1. The number of ether oxygens (including phenoxy) is 1. The van der Waals surface area contributed by atoms with Crippen molar-refractivity contribution in [3.63, 3.8) is 0 Å². The Morgan fingerprint density at radius 2 is 1.97 bits per heavy atom. The first-order chi connectivity index (χ1) is 18.4. The number of carbonyl (C=O) groups excluding carboxylic acids is 1. The van der Waals surface area contributed by atoms with E-state index in [-0.39, 0.29) is 12.5 Å². The average molecular weight is 511 g/mol. The van der Waals surface area contributed by atoms with Gasteiger partial charge >= 0.3 is 6.01 Å². The van der Waals surface area contributed by atoms with Crippen molar-refractivity contribution in [1.29, 1.82) is 0 Å². The van der Waals surface area contributed by atoms with Crippen molar-refractivity contribution in [3.05, 3.63) is 79.1 Å². The third kappa shape index (κ3) is 5.70. The van der Waals surface area contributed by atoms with Crippen LogP contribution in [-0.2, 0) is 11.4 Å². The molecule has 0 radical (unpaired) electrons. The van der Waals surface area contributed by atoms with E-state index >= 15 is 0 Å². The van der Waals surface area contributed by atoms with E-state index < -0.39 is 0 Å². The Morgan fingerprint density at radius 1 is 1.16 bits per heavy atom. The van der Waals surface area contributed by atoms with E-state index in [4.69, 9.17) is 9.72 Å². The summed E-state index contributed by atoms with van der Waals surface area (Å²) < 4.78 is 8.38. The van der Waals surface area contributed by atoms with Gasteiger partial charge in [-0.05, 0) is 62.8 Å². The Bertz CT molecular complexity index is 1460. The zero-order valence-electron chi connectivity index (χ0n) is 22.2. The van der Waals surface area contributed by atoms with Gasteiger partial charge in [-0.25, -0.2) is 4.98 Å². The number of rotatable bonds is 11. The van der Waals surface area contributed by atoms with Crippen LogP contribution in [0.1, 0.15) is 24.4 Å². The van der Waals surface area contributed by atoms with Gasteiger partial charge in [-0.15, -0.1) is 0 Å². The van der Waals surface area contributed by atoms with E-state index in [0.717, 1.165) is 35.6 Å². The summed E-state index contributed by atoms with van der Waals surface area (Å²) >= 11 is 0. The Morgan fingerprint density at radius 3 is 2.74 bits per heavy atom. The molecule has 1 N–H and O–H groups in total. The summed E-state index contributed by atoms with van der Waals surface area (Å²) in [5.74, 6) is -0.258. The van der Waals surface area contributed by atoms with E-state index in [1.807, 2.05) is 45.4 Å². The number of aromatic nitrogens is 3. The Balaban J connectivity index is 1.35. The van der Waals surface area contributed by atoms with Gasteiger partial charge in [0, 0.05) is 55.0 Å². The average Bonchev–Trinajstić information content (AvgIpc) is 3.70. The number of hydrogen-bond acceptors (Lipinski definition) is 6. The van der Waals surface area contributed by atoms with Crippen molar-refractivity contribution in [2.75, 3.05) is 44.4 Å². The molecular weight excluding hydrogens is 476 g/mol. The lowest BCUT2D eigenvalue weighted by molar-refractivity contribution is -0.111. The van der Waals surface area contributed by atoms with Gasteiger partial charge in [-0.2, -0.15) is 4.98 Å². The van der Waals surface area contributed by atoms with Crippen LogP contribution in [0.4, 0.5) is 11.4 Å². The number of nitrogens with one attached hydrogen (secondary N) is 1. The molecule has 2 aromatic carbocycles. The van der Waals surface area contributed by atoms with Crippen LogP contribution < -0.4 is 15.0 Å². The highest BCUT2D eigenvalue weighted by molar-refractivity contribution is 6.01. The summed E-state index contributed by atoms with van der Waals surface area (Å²) in [6.07, 6.45) is 7.64. The fraction of sp³-hybridized carbons (Fsp3) is 0.300. The number of fused-ring (bicyclic) bond motifs is 1. The number of anilines is 2. The van der Waals surface area contributed by atoms with Crippen LogP contribution >= 0.6 is 0 Å². The van der Waals surface area contributed by atoms with Gasteiger partial charge in [-0.1, -0.05) is 30.8 Å². The zero-order chi connectivity index (χ0) is 26.6. The van der Waals surface area contributed by atoms with Crippen LogP contribution in [0.25, 0.3) is 22.2 Å². The summed E-state index contributed by atoms with van der Waals surface area (Å²) in [6, 6.07) is 17.2. The predicted molar refractivity (Wildman–Crippen MR) is 153 cm³/mol. The molecule has 1 saturated carbocycles. The van der Waals surface area contributed by atoms with Crippen molar-refractivity contribution in [2.45, 2.75) is 25.5 Å². The molecular formula is C30H34N6O2. The maximum absolute atomic E-state index is 12.1. The maximum Gasteiger partial charge on any atom is 0.317 e. The van der Waals surface area contributed by atoms with Gasteiger partial charge in [0.1, 0.15) is 6.61 Å². The molecule has 2 heterocycles. The van der Waals surface area contributed by atoms with Crippen molar-refractivity contribution in [3.8, 4) is 17.3 Å². The molecule has 0 saturated heterocycles. The Kier molecular flexibility index (Phi) is 7.42. The smallest absolute Gasteiger partial charge is 0.317 e. The number of likely N-dealkylation sites (N-methyl/N-ethyl adjacent to an activating group) is 2. The van der Waals surface area contributed by atoms with E-state index in [0.29, 0.717) is 17.7 Å². The van der Waals surface area contributed by atoms with Crippen molar-refractivity contribution in [1.82, 2.24) is 19.4 Å². The van der Waals surface area contributed by atoms with Crippen LogP contribution in [0, 0.1) is 0 Å². The molecule has 8 heteroatoms. The lowest BCUT2D eigenvalue weighted by Crippen LogP contribution is -2.29. The highest BCUT2D eigenvalue weighted by Gasteiger charge is 2.26. The van der Waals surface area contributed by atoms with Gasteiger partial charge in [0.05, 0.1) is 17.1 Å². The van der Waals surface area contributed by atoms with Crippen LogP contribution in [0.5, 0.6) is 6.01 Å². The van der Waals surface area contributed by atoms with E-state index in [1.54, 1.807) is 6.20 Å². The van der Waals surface area contributed by atoms with Crippen molar-refractivity contribution >= 4 is 28.2 Å². The quantitative estimate of drug-likeness (QED) is 0.282. The number of hydrogen-bond donors (Lipinski definition) is 1. The molecule has 1 aliphatic carbocycles. The van der Waals surface area contributed by atoms with E-state index in [2.05, 4.69) is 61.7 Å². The Labute approximate surface area is 223 Å². The minimum absolute atomic E-state index is 0.258. The lowest BCUT2D eigenvalue weighted by atomic mass is 10.1. The largest absolute Gasteiger partial charge is 0.459 e. The van der Waals surface area contributed by atoms with Crippen LogP contribution in [0.2, 0.25) is 0 Å². The third-order valence-corrected chi connectivity index (χ3v) is 6.76. The maximum atomic E-state index is 12.1. The summed E-state index contributed by atoms with van der Waals surface area (Å²) in [6.45, 7) is 5.56. The predicted octanol–water partition coefficient (Wildman–Crippen LogP) is 5.13. The molecule has 196 valence electrons. The molecule has 38 heavy (non-hydrogen) atoms. The summed E-state index contributed by atoms with van der Waals surface area (Å²) in [5.41, 5.74) is 5.68. The minimum Gasteiger partial charge on any atom is -0.459 e. The second-order valence-electron chi connectivity index (χ2n) is 9.98. The van der Waals surface area contributed by atoms with Gasteiger partial charge in [0.2, 0.25) is 5.91 Å². The van der Waals surface area contributed by atoms with Crippen molar-refractivity contribution < 1.29 is 9.53 Å². The molecule has 1 fully saturated rings. The first kappa shape index (κ1) is 25.5. The van der Waals surface area contributed by atoms with Gasteiger partial charge in [0.15, 0.2) is 0 Å². The second-order valence-corrected chi connectivity index (χ2v) is 9.98. The van der Waals surface area contributed by atoms with Gasteiger partial charge < -0.3 is 24.4 Å². The van der Waals surface area contributed by atoms with Crippen LogP contribution in [-0.4, -0.2) is 59.6 Å². The molecule has 2 aromatic heterocycles. The lowest BCUT2D eigenvalue weighted by Gasteiger charge is -2.24. The zero-order valence-corrected chi connectivity index (χ0v) is 22.2. The fourth-order valence-corrected chi connectivity index (χ4v) is 4.53. The SMILES string of the molecule is C=CC(=O)Nc1cc(COc2nccc(-c3cn(C4CC4)c4ccccc34)n2)ccc1N(C)CCN(C)C. The van der Waals surface area contributed by atoms with Crippen LogP contribution in [0.3, 0.4) is 0 Å². The van der Waals surface area contributed by atoms with E-state index in [9.17, 15) is 4.79 Å². The highest BCUT2D eigenvalue weighted by Crippen LogP contribution is 2.41. The van der Waals surface area contributed by atoms with Gasteiger partial charge in [-0.3, -0.25) is 4.79 Å². The molecule has 8 nitrogen and oxygen atoms in total. The number of benzene rings is 2. The summed E-state index contributed by atoms with van der Waals surface area (Å²) in [4.78, 5) is 25.4. The first-order valence-corrected chi connectivity index (χ1v) is 12.9. The van der Waals surface area contributed by atoms with Crippen LogP contribution in [0.15, 0.2) is 73.6 Å². The number of carbonyl (C=O) groups is 1. The highest BCUT2D eigenvalue weighted by atomic mass is 16.5. The molecule has 0 unspecified atom stereocenters. The molecule has 4 aromatic rings. The standard InChI is InChI=1S/C30H34N6O2/c1-5-29(37)32-26-18-21(10-13-28(26)35(4)17-16-34(2)3)20-38-30-31-15-14-25(33-30)24-19-36(22-11-12-22)27-9-7-6-8-23(24)27/h5-10,13-15,18-19,22H,1,11-12,16-17,20H2,2-4H3,(H,32,37). The van der Waals surface area contributed by atoms with E-state index in [1.165, 1.54) is 29.8 Å². The third-order valence-electron chi connectivity index (χ3n) is 6.76. The number of para-hydroxylation sites is 1. The topological polar surface area (TPSA) is 75.5 Å². The molecule has 0 bridgehead atoms. The molecule has 1 amide bonds. The Hall–Kier alpha value is -4.17. The summed E-state index contributed by atoms with van der Waals surface area (Å²) in [7, 11) is 6.09. The molecule has 1 aliphatic rings. The second kappa shape index (κ2) is 11.1. The summed E-state index contributed by atoms with van der Waals surface area (Å²) in [5, 5.41) is 4.11. The number of amides is 1. The minimum atomic E-state index is -0.258. The molecule has 5 rings (SSSR count).